The van der Waals surface area contributed by atoms with E-state index in [1.807, 2.05) is 42.8 Å². The summed E-state index contributed by atoms with van der Waals surface area (Å²) in [6.07, 6.45) is 15.0. The Hall–Kier alpha value is -3.48. The molecule has 0 spiro atoms. The van der Waals surface area contributed by atoms with Gasteiger partial charge < -0.3 is 15.5 Å². The van der Waals surface area contributed by atoms with Crippen molar-refractivity contribution in [3.63, 3.8) is 0 Å². The van der Waals surface area contributed by atoms with E-state index in [-0.39, 0.29) is 12.1 Å². The van der Waals surface area contributed by atoms with Crippen LogP contribution in [0.1, 0.15) is 5.56 Å². The lowest BCUT2D eigenvalue weighted by Gasteiger charge is -2.25. The molecule has 4 heterocycles. The fourth-order valence-corrected chi connectivity index (χ4v) is 2.87. The van der Waals surface area contributed by atoms with Crippen molar-refractivity contribution in [2.75, 3.05) is 5.32 Å². The zero-order valence-corrected chi connectivity index (χ0v) is 13.3. The molecule has 7 nitrogen and oxygen atoms in total. The van der Waals surface area contributed by atoms with E-state index in [2.05, 4.69) is 30.5 Å². The maximum Gasteiger partial charge on any atom is 0.275 e. The number of fused-ring (bicyclic) bond motifs is 1. The molecule has 0 radical (unpaired) electrons. The Morgan fingerprint density at radius 2 is 2.20 bits per heavy atom. The maximum atomic E-state index is 12.7. The highest BCUT2D eigenvalue weighted by molar-refractivity contribution is 6.04. The van der Waals surface area contributed by atoms with Crippen LogP contribution < -0.4 is 10.6 Å². The van der Waals surface area contributed by atoms with Gasteiger partial charge in [-0.3, -0.25) is 9.78 Å². The molecule has 2 aromatic rings. The highest BCUT2D eigenvalue weighted by Crippen LogP contribution is 2.27. The number of nitrogens with one attached hydrogen (secondary N) is 2. The minimum Gasteiger partial charge on any atom is -0.358 e. The molecular formula is C18H16N6O. The van der Waals surface area contributed by atoms with Crippen LogP contribution in [0.3, 0.4) is 0 Å². The Kier molecular flexibility index (Phi) is 3.96. The minimum atomic E-state index is -0.229. The molecule has 0 saturated carbocycles. The molecule has 0 saturated heterocycles. The molecule has 25 heavy (non-hydrogen) atoms. The van der Waals surface area contributed by atoms with E-state index in [0.29, 0.717) is 11.5 Å². The molecule has 1 atom stereocenters. The average Bonchev–Trinajstić information content (AvgIpc) is 3.02. The van der Waals surface area contributed by atoms with Gasteiger partial charge in [-0.2, -0.15) is 0 Å². The highest BCUT2D eigenvalue weighted by atomic mass is 16.2. The molecular weight excluding hydrogens is 316 g/mol. The summed E-state index contributed by atoms with van der Waals surface area (Å²) in [4.78, 5) is 26.8. The first-order chi connectivity index (χ1) is 12.3. The topological polar surface area (TPSA) is 83.0 Å². The molecule has 124 valence electrons. The second-order valence-electron chi connectivity index (χ2n) is 5.64. The van der Waals surface area contributed by atoms with Crippen molar-refractivity contribution in [1.82, 2.24) is 25.2 Å². The normalized spacial score (nSPS) is 18.1. The molecule has 4 rings (SSSR count). The van der Waals surface area contributed by atoms with E-state index < -0.39 is 0 Å². The number of hydrogen-bond donors (Lipinski definition) is 2. The summed E-state index contributed by atoms with van der Waals surface area (Å²) in [5.74, 6) is 0.236. The Morgan fingerprint density at radius 1 is 1.24 bits per heavy atom. The van der Waals surface area contributed by atoms with Gasteiger partial charge in [-0.25, -0.2) is 9.97 Å². The van der Waals surface area contributed by atoms with E-state index >= 15 is 0 Å². The highest BCUT2D eigenvalue weighted by Gasteiger charge is 2.33. The van der Waals surface area contributed by atoms with Crippen molar-refractivity contribution >= 4 is 11.7 Å². The number of carbonyl (C=O) groups excluding carboxylic acids is 1. The van der Waals surface area contributed by atoms with Crippen LogP contribution in [0, 0.1) is 0 Å². The van der Waals surface area contributed by atoms with Gasteiger partial charge in [-0.05, 0) is 29.8 Å². The Labute approximate surface area is 144 Å². The molecule has 0 fully saturated rings. The molecule has 2 aliphatic heterocycles. The summed E-state index contributed by atoms with van der Waals surface area (Å²) in [6.45, 7) is 0. The number of allylic oxidation sites excluding steroid dienone is 3. The van der Waals surface area contributed by atoms with E-state index in [0.717, 1.165) is 17.7 Å². The third kappa shape index (κ3) is 3.12. The number of aromatic nitrogens is 3. The van der Waals surface area contributed by atoms with Gasteiger partial charge >= 0.3 is 0 Å². The largest absolute Gasteiger partial charge is 0.358 e. The van der Waals surface area contributed by atoms with Gasteiger partial charge in [0.15, 0.2) is 0 Å². The third-order valence-corrected chi connectivity index (χ3v) is 4.00. The van der Waals surface area contributed by atoms with E-state index in [1.54, 1.807) is 18.5 Å². The molecule has 1 amide bonds. The predicted octanol–water partition coefficient (Wildman–Crippen LogP) is 1.58. The smallest absolute Gasteiger partial charge is 0.275 e. The lowest BCUT2D eigenvalue weighted by molar-refractivity contribution is -0.113. The number of rotatable bonds is 4. The van der Waals surface area contributed by atoms with Gasteiger partial charge in [0, 0.05) is 31.2 Å². The number of pyridine rings is 1. The Morgan fingerprint density at radius 3 is 3.00 bits per heavy atom. The first-order valence-electron chi connectivity index (χ1n) is 7.91. The first-order valence-corrected chi connectivity index (χ1v) is 7.91. The number of anilines is 1. The molecule has 2 aliphatic rings. The summed E-state index contributed by atoms with van der Waals surface area (Å²) in [7, 11) is 0. The number of carbonyl (C=O) groups is 1. The molecule has 2 aromatic heterocycles. The van der Waals surface area contributed by atoms with Crippen molar-refractivity contribution in [1.29, 1.82) is 0 Å². The number of nitrogens with zero attached hydrogens (tertiary/aromatic N) is 4. The summed E-state index contributed by atoms with van der Waals surface area (Å²) in [6, 6.07) is 5.59. The summed E-state index contributed by atoms with van der Waals surface area (Å²) in [5.41, 5.74) is 2.45. The van der Waals surface area contributed by atoms with Crippen molar-refractivity contribution in [2.24, 2.45) is 0 Å². The molecule has 1 unspecified atom stereocenters. The van der Waals surface area contributed by atoms with Gasteiger partial charge in [0.1, 0.15) is 24.0 Å². The fourth-order valence-electron chi connectivity index (χ4n) is 2.87. The average molecular weight is 332 g/mol. The molecule has 0 aromatic carbocycles. The van der Waals surface area contributed by atoms with Crippen LogP contribution in [0.4, 0.5) is 5.82 Å². The Balaban J connectivity index is 1.56. The van der Waals surface area contributed by atoms with Crippen LogP contribution in [-0.4, -0.2) is 31.9 Å². The monoisotopic (exact) mass is 332 g/mol. The summed E-state index contributed by atoms with van der Waals surface area (Å²) >= 11 is 0. The van der Waals surface area contributed by atoms with E-state index in [4.69, 9.17) is 0 Å². The maximum absolute atomic E-state index is 12.7. The van der Waals surface area contributed by atoms with Crippen LogP contribution in [0.2, 0.25) is 0 Å². The van der Waals surface area contributed by atoms with Gasteiger partial charge in [-0.15, -0.1) is 0 Å². The SMILES string of the molecule is O=C(Nc1ccncn1)C1=C2C=CC=CN2C(Cc2cccnc2)N1. The molecule has 2 N–H and O–H groups in total. The standard InChI is InChI=1S/C18H16N6O/c25-18(22-15-6-8-20-12-21-15)17-14-5-1-2-9-24(14)16(23-17)10-13-4-3-7-19-11-13/h1-9,11-12,16,23H,10H2,(H,20,21,22,25). The van der Waals surface area contributed by atoms with Gasteiger partial charge in [-0.1, -0.05) is 12.1 Å². The third-order valence-electron chi connectivity index (χ3n) is 4.00. The lowest BCUT2D eigenvalue weighted by atomic mass is 10.1. The van der Waals surface area contributed by atoms with Crippen LogP contribution >= 0.6 is 0 Å². The predicted molar refractivity (Wildman–Crippen MR) is 92.7 cm³/mol. The van der Waals surface area contributed by atoms with Crippen molar-refractivity contribution in [3.05, 3.63) is 84.5 Å². The zero-order chi connectivity index (χ0) is 17.1. The molecule has 7 heteroatoms. The van der Waals surface area contributed by atoms with E-state index in [1.165, 1.54) is 6.33 Å². The minimum absolute atomic E-state index is 0.0495. The molecule has 0 aliphatic carbocycles. The van der Waals surface area contributed by atoms with Crippen molar-refractivity contribution in [2.45, 2.75) is 12.6 Å². The zero-order valence-electron chi connectivity index (χ0n) is 13.3. The number of hydrogen-bond acceptors (Lipinski definition) is 6. The fraction of sp³-hybridized carbons (Fsp3) is 0.111. The molecule has 0 bridgehead atoms. The van der Waals surface area contributed by atoms with Gasteiger partial charge in [0.2, 0.25) is 0 Å². The summed E-state index contributed by atoms with van der Waals surface area (Å²) < 4.78 is 0. The summed E-state index contributed by atoms with van der Waals surface area (Å²) in [5, 5.41) is 6.12. The Bertz CT molecular complexity index is 860. The van der Waals surface area contributed by atoms with E-state index in [9.17, 15) is 4.79 Å². The van der Waals surface area contributed by atoms with Crippen LogP contribution in [0.5, 0.6) is 0 Å². The second-order valence-corrected chi connectivity index (χ2v) is 5.64. The van der Waals surface area contributed by atoms with Gasteiger partial charge in [0.05, 0.1) is 5.70 Å². The van der Waals surface area contributed by atoms with Crippen molar-refractivity contribution in [3.8, 4) is 0 Å². The number of amides is 1. The second kappa shape index (κ2) is 6.56. The van der Waals surface area contributed by atoms with Crippen LogP contribution in [0.25, 0.3) is 0 Å². The van der Waals surface area contributed by atoms with Crippen LogP contribution in [-0.2, 0) is 11.2 Å². The van der Waals surface area contributed by atoms with Crippen molar-refractivity contribution < 1.29 is 4.79 Å². The first kappa shape index (κ1) is 15.1. The van der Waals surface area contributed by atoms with Crippen LogP contribution in [0.15, 0.2) is 78.9 Å². The lowest BCUT2D eigenvalue weighted by Crippen LogP contribution is -2.37. The quantitative estimate of drug-likeness (QED) is 0.884. The van der Waals surface area contributed by atoms with Gasteiger partial charge in [0.25, 0.3) is 5.91 Å².